The summed E-state index contributed by atoms with van der Waals surface area (Å²) in [5.74, 6) is 0.393. The number of benzene rings is 3. The van der Waals surface area contributed by atoms with Gasteiger partial charge in [0.15, 0.2) is 17.3 Å². The second-order valence-electron chi connectivity index (χ2n) is 10.9. The fourth-order valence-corrected chi connectivity index (χ4v) is 4.82. The summed E-state index contributed by atoms with van der Waals surface area (Å²) >= 11 is 0. The molecule has 2 amide bonds. The number of hydrogen-bond acceptors (Lipinski definition) is 7. The number of carbonyl (C=O) groups excluding carboxylic acids is 3. The highest BCUT2D eigenvalue weighted by molar-refractivity contribution is 6.38. The molecular weight excluding hydrogens is 536 g/mol. The molecule has 0 bridgehead atoms. The quantitative estimate of drug-likeness (QED) is 0.272. The minimum absolute atomic E-state index is 0.0239. The Morgan fingerprint density at radius 2 is 1.57 bits per heavy atom. The van der Waals surface area contributed by atoms with Gasteiger partial charge in [0.05, 0.1) is 16.7 Å². The Morgan fingerprint density at radius 3 is 2.31 bits per heavy atom. The van der Waals surface area contributed by atoms with E-state index in [9.17, 15) is 14.4 Å². The molecule has 9 nitrogen and oxygen atoms in total. The van der Waals surface area contributed by atoms with Crippen LogP contribution in [0.2, 0.25) is 0 Å². The molecule has 1 aromatic heterocycles. The third-order valence-corrected chi connectivity index (χ3v) is 6.78. The zero-order valence-electron chi connectivity index (χ0n) is 23.5. The van der Waals surface area contributed by atoms with Crippen LogP contribution in [0.1, 0.15) is 31.9 Å². The van der Waals surface area contributed by atoms with Gasteiger partial charge in [-0.15, -0.1) is 0 Å². The molecular formula is C33H28N2O7. The molecule has 0 atom stereocenters. The summed E-state index contributed by atoms with van der Waals surface area (Å²) < 4.78 is 24.8. The van der Waals surface area contributed by atoms with Crippen molar-refractivity contribution in [3.8, 4) is 17.2 Å². The second-order valence-corrected chi connectivity index (χ2v) is 10.9. The van der Waals surface area contributed by atoms with E-state index >= 15 is 0 Å². The Morgan fingerprint density at radius 1 is 0.881 bits per heavy atom. The van der Waals surface area contributed by atoms with E-state index in [-0.39, 0.29) is 16.9 Å². The average Bonchev–Trinajstić information content (AvgIpc) is 3.45. The average molecular weight is 565 g/mol. The summed E-state index contributed by atoms with van der Waals surface area (Å²) in [4.78, 5) is 41.4. The van der Waals surface area contributed by atoms with Gasteiger partial charge in [-0.1, -0.05) is 42.5 Å². The van der Waals surface area contributed by atoms with Crippen molar-refractivity contribution in [2.24, 2.45) is 0 Å². The lowest BCUT2D eigenvalue weighted by Crippen LogP contribution is -2.27. The van der Waals surface area contributed by atoms with Crippen LogP contribution in [-0.2, 0) is 20.9 Å². The molecule has 0 radical (unpaired) electrons. The molecule has 3 heterocycles. The van der Waals surface area contributed by atoms with E-state index in [1.54, 1.807) is 63.2 Å². The van der Waals surface area contributed by atoms with Crippen LogP contribution in [0.4, 0.5) is 4.79 Å². The number of rotatable bonds is 5. The molecule has 2 aliphatic rings. The highest BCUT2D eigenvalue weighted by atomic mass is 16.6. The number of para-hydroxylation sites is 2. The SMILES string of the molecule is CN1C(=O)C(C2=COc3ccccc3O2)=C(c2cn(C(=O)OC(C)(C)C)c3ccc(OCc4ccccc4)cc23)C1=O. The van der Waals surface area contributed by atoms with Crippen LogP contribution in [0.15, 0.2) is 96.6 Å². The van der Waals surface area contributed by atoms with Gasteiger partial charge in [0.25, 0.3) is 11.8 Å². The Balaban J connectivity index is 1.50. The molecule has 2 aliphatic heterocycles. The van der Waals surface area contributed by atoms with E-state index in [0.717, 1.165) is 10.5 Å². The third kappa shape index (κ3) is 4.89. The van der Waals surface area contributed by atoms with Crippen LogP contribution in [0.3, 0.4) is 0 Å². The number of likely N-dealkylation sites (N-methyl/N-ethyl adjacent to an activating group) is 1. The summed E-state index contributed by atoms with van der Waals surface area (Å²) in [6.07, 6.45) is 2.19. The van der Waals surface area contributed by atoms with Gasteiger partial charge in [-0.25, -0.2) is 4.79 Å². The first-order valence-corrected chi connectivity index (χ1v) is 13.4. The first kappa shape index (κ1) is 26.9. The smallest absolute Gasteiger partial charge is 0.419 e. The number of fused-ring (bicyclic) bond motifs is 2. The van der Waals surface area contributed by atoms with E-state index in [4.69, 9.17) is 18.9 Å². The van der Waals surface area contributed by atoms with Gasteiger partial charge < -0.3 is 18.9 Å². The number of aromatic nitrogens is 1. The van der Waals surface area contributed by atoms with Gasteiger partial charge in [-0.2, -0.15) is 0 Å². The molecule has 4 aromatic rings. The number of nitrogens with zero attached hydrogens (tertiary/aromatic N) is 2. The molecule has 3 aromatic carbocycles. The summed E-state index contributed by atoms with van der Waals surface area (Å²) in [6, 6.07) is 21.9. The number of imide groups is 1. The highest BCUT2D eigenvalue weighted by Gasteiger charge is 2.42. The van der Waals surface area contributed by atoms with Crippen LogP contribution < -0.4 is 14.2 Å². The van der Waals surface area contributed by atoms with Gasteiger partial charge in [0.2, 0.25) is 0 Å². The largest absolute Gasteiger partial charge is 0.489 e. The maximum atomic E-state index is 13.6. The predicted octanol–water partition coefficient (Wildman–Crippen LogP) is 6.07. The van der Waals surface area contributed by atoms with Crippen molar-refractivity contribution in [1.29, 1.82) is 0 Å². The minimum atomic E-state index is -0.762. The van der Waals surface area contributed by atoms with Gasteiger partial charge in [0.1, 0.15) is 24.2 Å². The van der Waals surface area contributed by atoms with Crippen LogP contribution in [-0.4, -0.2) is 40.0 Å². The van der Waals surface area contributed by atoms with Crippen molar-refractivity contribution in [2.75, 3.05) is 7.05 Å². The number of ether oxygens (including phenoxy) is 4. The third-order valence-electron chi connectivity index (χ3n) is 6.78. The van der Waals surface area contributed by atoms with E-state index in [1.807, 2.05) is 30.3 Å². The maximum Gasteiger partial charge on any atom is 0.419 e. The lowest BCUT2D eigenvalue weighted by atomic mass is 9.99. The van der Waals surface area contributed by atoms with Crippen molar-refractivity contribution >= 4 is 34.4 Å². The summed E-state index contributed by atoms with van der Waals surface area (Å²) in [7, 11) is 1.40. The minimum Gasteiger partial charge on any atom is -0.489 e. The van der Waals surface area contributed by atoms with E-state index in [1.165, 1.54) is 24.1 Å². The van der Waals surface area contributed by atoms with Gasteiger partial charge in [0, 0.05) is 24.2 Å². The molecule has 0 saturated heterocycles. The lowest BCUT2D eigenvalue weighted by molar-refractivity contribution is -0.135. The molecule has 9 heteroatoms. The molecule has 212 valence electrons. The van der Waals surface area contributed by atoms with Gasteiger partial charge >= 0.3 is 6.09 Å². The summed E-state index contributed by atoms with van der Waals surface area (Å²) in [5.41, 5.74) is 1.14. The number of hydrogen-bond donors (Lipinski definition) is 0. The monoisotopic (exact) mass is 564 g/mol. The Hall–Kier alpha value is -5.31. The van der Waals surface area contributed by atoms with Crippen LogP contribution in [0.25, 0.3) is 16.5 Å². The molecule has 0 spiro atoms. The topological polar surface area (TPSA) is 96.3 Å². The van der Waals surface area contributed by atoms with E-state index < -0.39 is 23.5 Å². The molecule has 0 saturated carbocycles. The lowest BCUT2D eigenvalue weighted by Gasteiger charge is -2.19. The van der Waals surface area contributed by atoms with Crippen LogP contribution in [0, 0.1) is 0 Å². The van der Waals surface area contributed by atoms with Crippen LogP contribution in [0.5, 0.6) is 17.2 Å². The number of amides is 2. The first-order valence-electron chi connectivity index (χ1n) is 13.4. The van der Waals surface area contributed by atoms with Crippen molar-refractivity contribution in [3.63, 3.8) is 0 Å². The summed E-state index contributed by atoms with van der Waals surface area (Å²) in [5, 5.41) is 0.521. The van der Waals surface area contributed by atoms with E-state index in [2.05, 4.69) is 0 Å². The molecule has 42 heavy (non-hydrogen) atoms. The molecule has 0 unspecified atom stereocenters. The molecule has 6 rings (SSSR count). The Kier molecular flexibility index (Phi) is 6.57. The number of carbonyl (C=O) groups is 3. The first-order chi connectivity index (χ1) is 20.1. The van der Waals surface area contributed by atoms with E-state index in [0.29, 0.717) is 40.3 Å². The second kappa shape index (κ2) is 10.3. The van der Waals surface area contributed by atoms with Crippen molar-refractivity contribution < 1.29 is 33.3 Å². The van der Waals surface area contributed by atoms with Crippen molar-refractivity contribution in [3.05, 3.63) is 108 Å². The maximum absolute atomic E-state index is 13.6. The van der Waals surface area contributed by atoms with Crippen molar-refractivity contribution in [1.82, 2.24) is 9.47 Å². The van der Waals surface area contributed by atoms with Crippen LogP contribution >= 0.6 is 0 Å². The predicted molar refractivity (Wildman–Crippen MR) is 155 cm³/mol. The highest BCUT2D eigenvalue weighted by Crippen LogP contribution is 2.41. The zero-order chi connectivity index (χ0) is 29.6. The zero-order valence-corrected chi connectivity index (χ0v) is 23.5. The summed E-state index contributed by atoms with van der Waals surface area (Å²) in [6.45, 7) is 5.63. The Labute approximate surface area is 242 Å². The molecule has 0 fully saturated rings. The normalized spacial score (nSPS) is 14.9. The standard InChI is InChI=1S/C33H28N2O7/c1-33(2,3)42-32(38)35-17-23(22-16-21(14-15-24(22)35)39-18-20-10-6-5-7-11-20)28-29(31(37)34(4)30(28)36)27-19-40-25-12-8-9-13-26(25)41-27/h5-17,19H,18H2,1-4H3. The fourth-order valence-electron chi connectivity index (χ4n) is 4.82. The fraction of sp³-hybridized carbons (Fsp3) is 0.182. The van der Waals surface area contributed by atoms with Crippen molar-refractivity contribution in [2.45, 2.75) is 33.0 Å². The Bertz CT molecular complexity index is 1810. The molecule has 0 N–H and O–H groups in total. The van der Waals surface area contributed by atoms with Gasteiger partial charge in [-0.05, 0) is 56.7 Å². The van der Waals surface area contributed by atoms with Gasteiger partial charge in [-0.3, -0.25) is 19.1 Å². The molecule has 0 aliphatic carbocycles.